The maximum atomic E-state index is 13.5. The van der Waals surface area contributed by atoms with Gasteiger partial charge in [0.25, 0.3) is 0 Å². The van der Waals surface area contributed by atoms with Gasteiger partial charge >= 0.3 is 6.09 Å². The number of hydrogen-bond acceptors (Lipinski definition) is 4. The van der Waals surface area contributed by atoms with Crippen LogP contribution in [0.15, 0.2) is 18.2 Å². The van der Waals surface area contributed by atoms with Crippen molar-refractivity contribution in [2.24, 2.45) is 5.92 Å². The zero-order chi connectivity index (χ0) is 16.3. The maximum Gasteiger partial charge on any atom is 0.407 e. The van der Waals surface area contributed by atoms with E-state index in [1.54, 1.807) is 6.07 Å². The summed E-state index contributed by atoms with van der Waals surface area (Å²) in [6.07, 6.45) is 0.548. The Hall–Kier alpha value is -1.98. The van der Waals surface area contributed by atoms with E-state index in [0.717, 1.165) is 25.2 Å². The Kier molecular flexibility index (Phi) is 4.78. The van der Waals surface area contributed by atoms with Crippen molar-refractivity contribution in [3.8, 4) is 0 Å². The van der Waals surface area contributed by atoms with Crippen LogP contribution in [0.1, 0.15) is 27.2 Å². The molecule has 2 rings (SSSR count). The van der Waals surface area contributed by atoms with Gasteiger partial charge in [0.05, 0.1) is 5.69 Å². The Morgan fingerprint density at radius 3 is 2.86 bits per heavy atom. The van der Waals surface area contributed by atoms with Crippen LogP contribution in [0.5, 0.6) is 0 Å². The van der Waals surface area contributed by atoms with Gasteiger partial charge in [-0.1, -0.05) is 0 Å². The highest BCUT2D eigenvalue weighted by molar-refractivity contribution is 5.67. The SMILES string of the molecule is CC(C)(C)OC(=O)NC[C@H]1CCN(c2ccc(N)c(F)c2)C1. The van der Waals surface area contributed by atoms with Crippen LogP contribution in [-0.4, -0.2) is 31.3 Å². The zero-order valence-corrected chi connectivity index (χ0v) is 13.4. The number of nitrogens with two attached hydrogens (primary N) is 1. The van der Waals surface area contributed by atoms with Gasteiger partial charge in [0.1, 0.15) is 11.4 Å². The number of hydrogen-bond donors (Lipinski definition) is 2. The molecule has 3 N–H and O–H groups in total. The smallest absolute Gasteiger partial charge is 0.407 e. The van der Waals surface area contributed by atoms with Gasteiger partial charge in [-0.3, -0.25) is 0 Å². The molecule has 1 aromatic rings. The number of carbonyl (C=O) groups is 1. The van der Waals surface area contributed by atoms with Crippen LogP contribution >= 0.6 is 0 Å². The van der Waals surface area contributed by atoms with E-state index in [0.29, 0.717) is 12.5 Å². The highest BCUT2D eigenvalue weighted by Crippen LogP contribution is 2.26. The van der Waals surface area contributed by atoms with Crippen LogP contribution in [0, 0.1) is 11.7 Å². The molecule has 0 bridgehead atoms. The number of nitrogen functional groups attached to an aromatic ring is 1. The van der Waals surface area contributed by atoms with Gasteiger partial charge in [0.15, 0.2) is 0 Å². The monoisotopic (exact) mass is 309 g/mol. The van der Waals surface area contributed by atoms with Gasteiger partial charge in [0, 0.05) is 25.3 Å². The average Bonchev–Trinajstić information content (AvgIpc) is 2.86. The first kappa shape index (κ1) is 16.4. The molecule has 6 heteroatoms. The molecule has 122 valence electrons. The third kappa shape index (κ3) is 4.51. The van der Waals surface area contributed by atoms with Gasteiger partial charge in [-0.25, -0.2) is 9.18 Å². The number of alkyl carbamates (subject to hydrolysis) is 1. The van der Waals surface area contributed by atoms with E-state index in [9.17, 15) is 9.18 Å². The number of rotatable bonds is 3. The minimum atomic E-state index is -0.493. The van der Waals surface area contributed by atoms with Crippen molar-refractivity contribution >= 4 is 17.5 Å². The lowest BCUT2D eigenvalue weighted by atomic mass is 10.1. The Balaban J connectivity index is 1.83. The lowest BCUT2D eigenvalue weighted by Crippen LogP contribution is -2.36. The van der Waals surface area contributed by atoms with Crippen LogP contribution in [-0.2, 0) is 4.74 Å². The second-order valence-electron chi connectivity index (χ2n) is 6.69. The highest BCUT2D eigenvalue weighted by Gasteiger charge is 2.24. The summed E-state index contributed by atoms with van der Waals surface area (Å²) in [7, 11) is 0. The van der Waals surface area contributed by atoms with E-state index in [1.165, 1.54) is 6.07 Å². The number of amides is 1. The number of nitrogens with zero attached hydrogens (tertiary/aromatic N) is 1. The molecular weight excluding hydrogens is 285 g/mol. The molecule has 1 amide bonds. The Morgan fingerprint density at radius 1 is 1.50 bits per heavy atom. The van der Waals surface area contributed by atoms with Gasteiger partial charge in [-0.15, -0.1) is 0 Å². The van der Waals surface area contributed by atoms with Crippen molar-refractivity contribution in [2.45, 2.75) is 32.8 Å². The quantitative estimate of drug-likeness (QED) is 0.843. The lowest BCUT2D eigenvalue weighted by molar-refractivity contribution is 0.0520. The summed E-state index contributed by atoms with van der Waals surface area (Å²) in [5.74, 6) is -0.0686. The molecule has 1 saturated heterocycles. The van der Waals surface area contributed by atoms with E-state index >= 15 is 0 Å². The van der Waals surface area contributed by atoms with Crippen molar-refractivity contribution < 1.29 is 13.9 Å². The molecule has 0 aromatic heterocycles. The number of nitrogens with one attached hydrogen (secondary N) is 1. The van der Waals surface area contributed by atoms with Crippen LogP contribution in [0.3, 0.4) is 0 Å². The summed E-state index contributed by atoms with van der Waals surface area (Å²) >= 11 is 0. The Morgan fingerprint density at radius 2 is 2.23 bits per heavy atom. The first-order valence-electron chi connectivity index (χ1n) is 7.51. The largest absolute Gasteiger partial charge is 0.444 e. The molecule has 1 aliphatic heterocycles. The second kappa shape index (κ2) is 6.42. The first-order chi connectivity index (χ1) is 10.2. The second-order valence-corrected chi connectivity index (χ2v) is 6.69. The van der Waals surface area contributed by atoms with Gasteiger partial charge in [0.2, 0.25) is 0 Å². The minimum Gasteiger partial charge on any atom is -0.444 e. The Labute approximate surface area is 130 Å². The molecule has 1 atom stereocenters. The summed E-state index contributed by atoms with van der Waals surface area (Å²) < 4.78 is 18.7. The van der Waals surface area contributed by atoms with Gasteiger partial charge in [-0.05, 0) is 51.3 Å². The van der Waals surface area contributed by atoms with Crippen molar-refractivity contribution in [2.75, 3.05) is 30.3 Å². The van der Waals surface area contributed by atoms with Crippen molar-refractivity contribution in [3.63, 3.8) is 0 Å². The molecule has 1 aromatic carbocycles. The standard InChI is InChI=1S/C16H24FN3O2/c1-16(2,3)22-15(21)19-9-11-6-7-20(10-11)12-4-5-14(18)13(17)8-12/h4-5,8,11H,6-7,9-10,18H2,1-3H3,(H,19,21)/t11-/m1/s1. The predicted molar refractivity (Wildman–Crippen MR) is 85.4 cm³/mol. The summed E-state index contributed by atoms with van der Waals surface area (Å²) in [4.78, 5) is 13.7. The Bertz CT molecular complexity index is 543. The van der Waals surface area contributed by atoms with E-state index < -0.39 is 17.5 Å². The van der Waals surface area contributed by atoms with Crippen LogP contribution in [0.4, 0.5) is 20.6 Å². The van der Waals surface area contributed by atoms with Crippen LogP contribution in [0.2, 0.25) is 0 Å². The van der Waals surface area contributed by atoms with Gasteiger partial charge in [-0.2, -0.15) is 0 Å². The topological polar surface area (TPSA) is 67.6 Å². The summed E-state index contributed by atoms with van der Waals surface area (Å²) in [5.41, 5.74) is 5.98. The first-order valence-corrected chi connectivity index (χ1v) is 7.51. The fraction of sp³-hybridized carbons (Fsp3) is 0.562. The molecule has 0 spiro atoms. The number of anilines is 2. The molecule has 1 heterocycles. The number of carbonyl (C=O) groups excluding carboxylic acids is 1. The zero-order valence-electron chi connectivity index (χ0n) is 13.4. The molecule has 0 unspecified atom stereocenters. The molecule has 1 fully saturated rings. The third-order valence-corrected chi connectivity index (χ3v) is 3.57. The van der Waals surface area contributed by atoms with Crippen LogP contribution in [0.25, 0.3) is 0 Å². The fourth-order valence-corrected chi connectivity index (χ4v) is 2.49. The summed E-state index contributed by atoms with van der Waals surface area (Å²) in [5, 5.41) is 2.79. The number of halogens is 1. The normalized spacial score (nSPS) is 18.4. The molecular formula is C16H24FN3O2. The summed E-state index contributed by atoms with van der Waals surface area (Å²) in [6.45, 7) is 7.67. The highest BCUT2D eigenvalue weighted by atomic mass is 19.1. The minimum absolute atomic E-state index is 0.158. The van der Waals surface area contributed by atoms with E-state index in [1.807, 2.05) is 26.8 Å². The van der Waals surface area contributed by atoms with E-state index in [4.69, 9.17) is 10.5 Å². The van der Waals surface area contributed by atoms with Gasteiger partial charge < -0.3 is 20.7 Å². The van der Waals surface area contributed by atoms with Crippen LogP contribution < -0.4 is 16.0 Å². The third-order valence-electron chi connectivity index (χ3n) is 3.57. The predicted octanol–water partition coefficient (Wildman–Crippen LogP) is 2.76. The molecule has 0 radical (unpaired) electrons. The molecule has 0 saturated carbocycles. The lowest BCUT2D eigenvalue weighted by Gasteiger charge is -2.21. The average molecular weight is 309 g/mol. The van der Waals surface area contributed by atoms with Crippen molar-refractivity contribution in [1.29, 1.82) is 0 Å². The molecule has 5 nitrogen and oxygen atoms in total. The summed E-state index contributed by atoms with van der Waals surface area (Å²) in [6, 6.07) is 4.86. The number of benzene rings is 1. The fourth-order valence-electron chi connectivity index (χ4n) is 2.49. The van der Waals surface area contributed by atoms with Crippen molar-refractivity contribution in [1.82, 2.24) is 5.32 Å². The van der Waals surface area contributed by atoms with E-state index in [2.05, 4.69) is 10.2 Å². The number of ether oxygens (including phenoxy) is 1. The maximum absolute atomic E-state index is 13.5. The van der Waals surface area contributed by atoms with E-state index in [-0.39, 0.29) is 5.69 Å². The molecule has 1 aliphatic rings. The molecule has 0 aliphatic carbocycles. The van der Waals surface area contributed by atoms with Crippen molar-refractivity contribution in [3.05, 3.63) is 24.0 Å². The molecule has 22 heavy (non-hydrogen) atoms.